The van der Waals surface area contributed by atoms with Gasteiger partial charge in [-0.3, -0.25) is 4.79 Å². The topological polar surface area (TPSA) is 46.3 Å². The van der Waals surface area contributed by atoms with Crippen molar-refractivity contribution < 1.29 is 9.21 Å². The SMILES string of the molecule is Cc1nc2cc(CN(C)C(=O)Cl)ccc2o1. The molecule has 0 saturated carbocycles. The number of hydrogen-bond acceptors (Lipinski definition) is 3. The second-order valence-corrected chi connectivity index (χ2v) is 3.97. The van der Waals surface area contributed by atoms with E-state index in [0.29, 0.717) is 12.4 Å². The van der Waals surface area contributed by atoms with E-state index in [1.165, 1.54) is 4.90 Å². The molecular weight excluding hydrogens is 228 g/mol. The molecule has 1 heterocycles. The third kappa shape index (κ3) is 2.17. The Labute approximate surface area is 97.8 Å². The van der Waals surface area contributed by atoms with E-state index in [2.05, 4.69) is 4.98 Å². The van der Waals surface area contributed by atoms with Crippen LogP contribution in [0.4, 0.5) is 4.79 Å². The monoisotopic (exact) mass is 238 g/mol. The molecule has 2 aromatic rings. The van der Waals surface area contributed by atoms with Gasteiger partial charge in [0, 0.05) is 20.5 Å². The predicted molar refractivity (Wildman–Crippen MR) is 61.5 cm³/mol. The minimum atomic E-state index is -0.476. The van der Waals surface area contributed by atoms with E-state index in [0.717, 1.165) is 16.7 Å². The maximum atomic E-state index is 10.9. The van der Waals surface area contributed by atoms with E-state index >= 15 is 0 Å². The molecule has 0 saturated heterocycles. The first kappa shape index (κ1) is 11.0. The van der Waals surface area contributed by atoms with Crippen LogP contribution >= 0.6 is 11.6 Å². The van der Waals surface area contributed by atoms with Gasteiger partial charge < -0.3 is 9.32 Å². The third-order valence-corrected chi connectivity index (χ3v) is 2.57. The maximum Gasteiger partial charge on any atom is 0.316 e. The Balaban J connectivity index is 2.28. The summed E-state index contributed by atoms with van der Waals surface area (Å²) in [6, 6.07) is 5.63. The van der Waals surface area contributed by atoms with E-state index in [-0.39, 0.29) is 0 Å². The first-order chi connectivity index (χ1) is 7.56. The van der Waals surface area contributed by atoms with Gasteiger partial charge in [-0.05, 0) is 29.3 Å². The smallest absolute Gasteiger partial charge is 0.316 e. The predicted octanol–water partition coefficient (Wildman–Crippen LogP) is 2.93. The number of oxazole rings is 1. The summed E-state index contributed by atoms with van der Waals surface area (Å²) < 4.78 is 5.36. The molecule has 0 bridgehead atoms. The molecule has 0 fully saturated rings. The number of rotatable bonds is 2. The van der Waals surface area contributed by atoms with Crippen LogP contribution in [0.25, 0.3) is 11.1 Å². The molecule has 1 aromatic carbocycles. The van der Waals surface area contributed by atoms with Crippen molar-refractivity contribution in [2.45, 2.75) is 13.5 Å². The van der Waals surface area contributed by atoms with Crippen molar-refractivity contribution in [2.75, 3.05) is 7.05 Å². The Bertz CT molecular complexity index is 536. The molecule has 16 heavy (non-hydrogen) atoms. The van der Waals surface area contributed by atoms with E-state index in [4.69, 9.17) is 16.0 Å². The van der Waals surface area contributed by atoms with E-state index in [1.807, 2.05) is 18.2 Å². The van der Waals surface area contributed by atoms with E-state index < -0.39 is 5.37 Å². The summed E-state index contributed by atoms with van der Waals surface area (Å²) in [6.45, 7) is 2.26. The van der Waals surface area contributed by atoms with Crippen LogP contribution in [0.3, 0.4) is 0 Å². The van der Waals surface area contributed by atoms with E-state index in [9.17, 15) is 4.79 Å². The van der Waals surface area contributed by atoms with Gasteiger partial charge in [0.15, 0.2) is 11.5 Å². The van der Waals surface area contributed by atoms with Crippen LogP contribution in [-0.2, 0) is 6.54 Å². The van der Waals surface area contributed by atoms with Gasteiger partial charge >= 0.3 is 5.37 Å². The van der Waals surface area contributed by atoms with Gasteiger partial charge in [0.2, 0.25) is 0 Å². The number of halogens is 1. The fourth-order valence-electron chi connectivity index (χ4n) is 1.52. The Morgan fingerprint density at radius 2 is 2.31 bits per heavy atom. The van der Waals surface area contributed by atoms with Crippen LogP contribution in [0.1, 0.15) is 11.5 Å². The minimum Gasteiger partial charge on any atom is -0.441 e. The van der Waals surface area contributed by atoms with Crippen molar-refractivity contribution in [3.8, 4) is 0 Å². The van der Waals surface area contributed by atoms with Gasteiger partial charge in [0.25, 0.3) is 0 Å². The molecule has 0 spiro atoms. The summed E-state index contributed by atoms with van der Waals surface area (Å²) in [7, 11) is 1.65. The number of aromatic nitrogens is 1. The second kappa shape index (κ2) is 4.14. The zero-order chi connectivity index (χ0) is 11.7. The summed E-state index contributed by atoms with van der Waals surface area (Å²) in [5.41, 5.74) is 2.52. The number of fused-ring (bicyclic) bond motifs is 1. The molecule has 1 aromatic heterocycles. The molecule has 0 aliphatic carbocycles. The zero-order valence-corrected chi connectivity index (χ0v) is 9.78. The molecule has 0 radical (unpaired) electrons. The number of carbonyl (C=O) groups is 1. The normalized spacial score (nSPS) is 10.7. The minimum absolute atomic E-state index is 0.462. The first-order valence-corrected chi connectivity index (χ1v) is 5.21. The maximum absolute atomic E-state index is 10.9. The van der Waals surface area contributed by atoms with Crippen LogP contribution in [0.2, 0.25) is 0 Å². The van der Waals surface area contributed by atoms with Gasteiger partial charge in [0.05, 0.1) is 0 Å². The molecular formula is C11H11ClN2O2. The summed E-state index contributed by atoms with van der Waals surface area (Å²) in [4.78, 5) is 16.5. The van der Waals surface area contributed by atoms with Crippen molar-refractivity contribution in [3.63, 3.8) is 0 Å². The number of benzene rings is 1. The Morgan fingerprint density at radius 3 is 3.00 bits per heavy atom. The lowest BCUT2D eigenvalue weighted by atomic mass is 10.2. The molecule has 0 aliphatic heterocycles. The molecule has 0 unspecified atom stereocenters. The number of carbonyl (C=O) groups excluding carboxylic acids is 1. The Kier molecular flexibility index (Phi) is 2.83. The van der Waals surface area contributed by atoms with Crippen molar-refractivity contribution in [3.05, 3.63) is 29.7 Å². The highest BCUT2D eigenvalue weighted by Gasteiger charge is 2.07. The van der Waals surface area contributed by atoms with Crippen molar-refractivity contribution in [1.29, 1.82) is 0 Å². The van der Waals surface area contributed by atoms with Crippen LogP contribution in [0.15, 0.2) is 22.6 Å². The highest BCUT2D eigenvalue weighted by Crippen LogP contribution is 2.17. The summed E-state index contributed by atoms with van der Waals surface area (Å²) >= 11 is 5.35. The molecule has 0 atom stereocenters. The summed E-state index contributed by atoms with van der Waals surface area (Å²) in [5, 5.41) is -0.476. The van der Waals surface area contributed by atoms with E-state index in [1.54, 1.807) is 14.0 Å². The summed E-state index contributed by atoms with van der Waals surface area (Å²) in [6.07, 6.45) is 0. The largest absolute Gasteiger partial charge is 0.441 e. The van der Waals surface area contributed by atoms with Crippen molar-refractivity contribution >= 4 is 28.1 Å². The molecule has 4 nitrogen and oxygen atoms in total. The van der Waals surface area contributed by atoms with Gasteiger partial charge in [-0.15, -0.1) is 0 Å². The average Bonchev–Trinajstić information content (AvgIpc) is 2.57. The average molecular weight is 239 g/mol. The van der Waals surface area contributed by atoms with Gasteiger partial charge in [-0.2, -0.15) is 0 Å². The lowest BCUT2D eigenvalue weighted by Crippen LogP contribution is -2.19. The van der Waals surface area contributed by atoms with Crippen molar-refractivity contribution in [1.82, 2.24) is 9.88 Å². The first-order valence-electron chi connectivity index (χ1n) is 4.83. The quantitative estimate of drug-likeness (QED) is 0.597. The molecule has 0 N–H and O–H groups in total. The van der Waals surface area contributed by atoms with Crippen LogP contribution in [0.5, 0.6) is 0 Å². The lowest BCUT2D eigenvalue weighted by molar-refractivity contribution is 0.230. The second-order valence-electron chi connectivity index (χ2n) is 3.64. The van der Waals surface area contributed by atoms with Gasteiger partial charge in [0.1, 0.15) is 5.52 Å². The summed E-state index contributed by atoms with van der Waals surface area (Å²) in [5.74, 6) is 0.633. The number of nitrogens with zero attached hydrogens (tertiary/aromatic N) is 2. The van der Waals surface area contributed by atoms with Crippen molar-refractivity contribution in [2.24, 2.45) is 0 Å². The highest BCUT2D eigenvalue weighted by molar-refractivity contribution is 6.62. The van der Waals surface area contributed by atoms with Crippen LogP contribution in [-0.4, -0.2) is 22.3 Å². The number of aryl methyl sites for hydroxylation is 1. The Morgan fingerprint density at radius 1 is 1.56 bits per heavy atom. The van der Waals surface area contributed by atoms with Gasteiger partial charge in [-0.25, -0.2) is 4.98 Å². The lowest BCUT2D eigenvalue weighted by Gasteiger charge is -2.12. The molecule has 1 amide bonds. The third-order valence-electron chi connectivity index (χ3n) is 2.28. The number of hydrogen-bond donors (Lipinski definition) is 0. The fraction of sp³-hybridized carbons (Fsp3) is 0.273. The standard InChI is InChI=1S/C11H11ClN2O2/c1-7-13-9-5-8(3-4-10(9)16-7)6-14(2)11(12)15/h3-5H,6H2,1-2H3. The Hall–Kier alpha value is -1.55. The molecule has 2 rings (SSSR count). The molecule has 5 heteroatoms. The molecule has 84 valence electrons. The van der Waals surface area contributed by atoms with Crippen LogP contribution in [0, 0.1) is 6.92 Å². The molecule has 0 aliphatic rings. The zero-order valence-electron chi connectivity index (χ0n) is 9.03. The number of amides is 1. The highest BCUT2D eigenvalue weighted by atomic mass is 35.5. The van der Waals surface area contributed by atoms with Gasteiger partial charge in [-0.1, -0.05) is 6.07 Å². The van der Waals surface area contributed by atoms with Crippen LogP contribution < -0.4 is 0 Å². The fourth-order valence-corrected chi connectivity index (χ4v) is 1.58.